The van der Waals surface area contributed by atoms with Gasteiger partial charge in [-0.05, 0) is 24.7 Å². The Hall–Kier alpha value is -1.12. The minimum atomic E-state index is 0.0747. The number of rotatable bonds is 0. The Kier molecular flexibility index (Phi) is 1.24. The van der Waals surface area contributed by atoms with E-state index in [4.69, 9.17) is 0 Å². The number of aromatic nitrogens is 3. The molecule has 1 aliphatic heterocycles. The third-order valence-corrected chi connectivity index (χ3v) is 2.46. The smallest absolute Gasteiger partial charge is 0.144 e. The third kappa shape index (κ3) is 0.763. The lowest BCUT2D eigenvalue weighted by Crippen LogP contribution is -2.54. The standard InChI is InChI=1S/C9H14N3/c1-7-8(2)12-9(3,4)5-6-11(12)10-7/h5-6H,1-4H3/q+1. The molecule has 0 saturated carbocycles. The van der Waals surface area contributed by atoms with E-state index in [0.717, 1.165) is 5.69 Å². The summed E-state index contributed by atoms with van der Waals surface area (Å²) in [4.78, 5) is 1.91. The van der Waals surface area contributed by atoms with Crippen LogP contribution in [0.25, 0.3) is 6.20 Å². The molecule has 3 heteroatoms. The molecule has 2 heterocycles. The number of nitrogens with zero attached hydrogens (tertiary/aromatic N) is 3. The normalized spacial score (nSPS) is 18.3. The van der Waals surface area contributed by atoms with E-state index in [1.807, 2.05) is 17.9 Å². The van der Waals surface area contributed by atoms with Gasteiger partial charge in [0.1, 0.15) is 5.54 Å². The molecule has 0 saturated heterocycles. The number of fused-ring (bicyclic) bond motifs is 1. The maximum Gasteiger partial charge on any atom is 0.218 e. The van der Waals surface area contributed by atoms with E-state index >= 15 is 0 Å². The van der Waals surface area contributed by atoms with E-state index in [2.05, 4.69) is 36.6 Å². The van der Waals surface area contributed by atoms with Crippen molar-refractivity contribution in [3.05, 3.63) is 17.5 Å². The zero-order valence-corrected chi connectivity index (χ0v) is 8.00. The van der Waals surface area contributed by atoms with Gasteiger partial charge in [0.15, 0.2) is 5.69 Å². The Morgan fingerprint density at radius 2 is 2.08 bits per heavy atom. The van der Waals surface area contributed by atoms with Gasteiger partial charge in [0.2, 0.25) is 5.69 Å². The van der Waals surface area contributed by atoms with Gasteiger partial charge >= 0.3 is 0 Å². The SMILES string of the molecule is Cc1nn2[n+](c1C)C(C)(C)C=C2. The van der Waals surface area contributed by atoms with E-state index < -0.39 is 0 Å². The van der Waals surface area contributed by atoms with E-state index in [0.29, 0.717) is 0 Å². The Bertz CT molecular complexity index is 358. The summed E-state index contributed by atoms with van der Waals surface area (Å²) in [5, 5.41) is 4.38. The highest BCUT2D eigenvalue weighted by Gasteiger charge is 2.35. The van der Waals surface area contributed by atoms with Crippen LogP contribution in [0.15, 0.2) is 6.08 Å². The first-order valence-electron chi connectivity index (χ1n) is 4.20. The predicted molar refractivity (Wildman–Crippen MR) is 46.5 cm³/mol. The molecule has 3 nitrogen and oxygen atoms in total. The molecule has 1 aromatic heterocycles. The molecular weight excluding hydrogens is 150 g/mol. The molecule has 0 N–H and O–H groups in total. The predicted octanol–water partition coefficient (Wildman–Crippen LogP) is 1.01. The maximum absolute atomic E-state index is 4.38. The molecule has 2 rings (SSSR count). The van der Waals surface area contributed by atoms with Crippen molar-refractivity contribution in [1.29, 1.82) is 0 Å². The van der Waals surface area contributed by atoms with Crippen LogP contribution < -0.4 is 4.68 Å². The molecule has 0 aliphatic carbocycles. The Balaban J connectivity index is 2.70. The van der Waals surface area contributed by atoms with Gasteiger partial charge in [-0.3, -0.25) is 0 Å². The molecule has 0 amide bonds. The molecule has 12 heavy (non-hydrogen) atoms. The minimum absolute atomic E-state index is 0.0747. The van der Waals surface area contributed by atoms with E-state index in [1.165, 1.54) is 5.69 Å². The van der Waals surface area contributed by atoms with Crippen molar-refractivity contribution in [1.82, 2.24) is 9.90 Å². The van der Waals surface area contributed by atoms with Crippen molar-refractivity contribution in [2.45, 2.75) is 33.2 Å². The van der Waals surface area contributed by atoms with Crippen LogP contribution in [-0.4, -0.2) is 9.90 Å². The summed E-state index contributed by atoms with van der Waals surface area (Å²) >= 11 is 0. The molecule has 0 spiro atoms. The molecule has 1 aliphatic rings. The van der Waals surface area contributed by atoms with Crippen LogP contribution in [0.1, 0.15) is 25.2 Å². The lowest BCUT2D eigenvalue weighted by Gasteiger charge is -2.12. The first kappa shape index (κ1) is 7.53. The second-order valence-corrected chi connectivity index (χ2v) is 3.87. The number of aryl methyl sites for hydroxylation is 1. The quantitative estimate of drug-likeness (QED) is 0.524. The fourth-order valence-electron chi connectivity index (χ4n) is 1.69. The van der Waals surface area contributed by atoms with Crippen molar-refractivity contribution < 1.29 is 4.68 Å². The van der Waals surface area contributed by atoms with Crippen LogP contribution in [0.3, 0.4) is 0 Å². The minimum Gasteiger partial charge on any atom is -0.144 e. The maximum atomic E-state index is 4.38. The van der Waals surface area contributed by atoms with Gasteiger partial charge < -0.3 is 0 Å². The van der Waals surface area contributed by atoms with Gasteiger partial charge in [-0.15, -0.1) is 4.68 Å². The topological polar surface area (TPSA) is 21.7 Å². The van der Waals surface area contributed by atoms with E-state index in [1.54, 1.807) is 0 Å². The fourth-order valence-corrected chi connectivity index (χ4v) is 1.69. The molecule has 0 atom stereocenters. The van der Waals surface area contributed by atoms with Crippen molar-refractivity contribution >= 4 is 6.20 Å². The fraction of sp³-hybridized carbons (Fsp3) is 0.556. The van der Waals surface area contributed by atoms with Gasteiger partial charge in [-0.1, -0.05) is 0 Å². The molecule has 0 fully saturated rings. The van der Waals surface area contributed by atoms with Gasteiger partial charge in [0, 0.05) is 18.9 Å². The second-order valence-electron chi connectivity index (χ2n) is 3.87. The summed E-state index contributed by atoms with van der Waals surface area (Å²) < 4.78 is 2.20. The van der Waals surface area contributed by atoms with Crippen LogP contribution in [-0.2, 0) is 5.54 Å². The summed E-state index contributed by atoms with van der Waals surface area (Å²) in [6, 6.07) is 0. The van der Waals surface area contributed by atoms with Gasteiger partial charge in [-0.2, -0.15) is 0 Å². The van der Waals surface area contributed by atoms with Crippen LogP contribution in [0.5, 0.6) is 0 Å². The summed E-state index contributed by atoms with van der Waals surface area (Å²) in [5.41, 5.74) is 2.42. The summed E-state index contributed by atoms with van der Waals surface area (Å²) in [6.45, 7) is 8.51. The number of hydrogen-bond acceptors (Lipinski definition) is 1. The lowest BCUT2D eigenvalue weighted by molar-refractivity contribution is -0.810. The van der Waals surface area contributed by atoms with Crippen molar-refractivity contribution in [3.63, 3.8) is 0 Å². The van der Waals surface area contributed by atoms with Crippen molar-refractivity contribution in [2.24, 2.45) is 0 Å². The zero-order valence-electron chi connectivity index (χ0n) is 8.00. The molecule has 0 radical (unpaired) electrons. The Morgan fingerprint density at radius 1 is 1.42 bits per heavy atom. The lowest BCUT2D eigenvalue weighted by atomic mass is 10.1. The summed E-state index contributed by atoms with van der Waals surface area (Å²) in [7, 11) is 0. The number of hydrogen-bond donors (Lipinski definition) is 0. The van der Waals surface area contributed by atoms with Crippen LogP contribution in [0.2, 0.25) is 0 Å². The van der Waals surface area contributed by atoms with Crippen molar-refractivity contribution in [2.75, 3.05) is 0 Å². The highest BCUT2D eigenvalue weighted by Crippen LogP contribution is 2.16. The highest BCUT2D eigenvalue weighted by atomic mass is 15.6. The average Bonchev–Trinajstić information content (AvgIpc) is 2.39. The average molecular weight is 164 g/mol. The Morgan fingerprint density at radius 3 is 2.67 bits per heavy atom. The molecular formula is C9H14N3+. The van der Waals surface area contributed by atoms with Gasteiger partial charge in [0.05, 0.1) is 6.20 Å². The highest BCUT2D eigenvalue weighted by molar-refractivity contribution is 5.23. The summed E-state index contributed by atoms with van der Waals surface area (Å²) in [5.74, 6) is 0. The van der Waals surface area contributed by atoms with E-state index in [-0.39, 0.29) is 5.54 Å². The van der Waals surface area contributed by atoms with E-state index in [9.17, 15) is 0 Å². The van der Waals surface area contributed by atoms with Crippen LogP contribution in [0, 0.1) is 13.8 Å². The second kappa shape index (κ2) is 1.97. The molecule has 1 aromatic rings. The molecule has 0 aromatic carbocycles. The van der Waals surface area contributed by atoms with Crippen molar-refractivity contribution in [3.8, 4) is 0 Å². The van der Waals surface area contributed by atoms with Gasteiger partial charge in [0.25, 0.3) is 0 Å². The number of allylic oxidation sites excluding steroid dienone is 1. The summed E-state index contributed by atoms with van der Waals surface area (Å²) in [6.07, 6.45) is 4.17. The largest absolute Gasteiger partial charge is 0.218 e. The first-order valence-corrected chi connectivity index (χ1v) is 4.20. The zero-order chi connectivity index (χ0) is 8.93. The third-order valence-electron chi connectivity index (χ3n) is 2.46. The monoisotopic (exact) mass is 164 g/mol. The Labute approximate surface area is 72.3 Å². The first-order chi connectivity index (χ1) is 5.52. The molecule has 0 bridgehead atoms. The molecule has 0 unspecified atom stereocenters. The van der Waals surface area contributed by atoms with Gasteiger partial charge in [-0.25, -0.2) is 0 Å². The van der Waals surface area contributed by atoms with Crippen LogP contribution >= 0.6 is 0 Å². The van der Waals surface area contributed by atoms with Crippen LogP contribution in [0.4, 0.5) is 0 Å². The molecule has 64 valence electrons.